The maximum absolute atomic E-state index is 10.2. The number of ether oxygens (including phenoxy) is 1. The summed E-state index contributed by atoms with van der Waals surface area (Å²) in [5.41, 5.74) is 0.903. The zero-order chi connectivity index (χ0) is 15.4. The van der Waals surface area contributed by atoms with E-state index >= 15 is 0 Å². The minimum absolute atomic E-state index is 0.516. The molecule has 1 aliphatic heterocycles. The number of halogens is 1. The number of benzene rings is 1. The molecule has 1 aromatic carbocycles. The van der Waals surface area contributed by atoms with Gasteiger partial charge in [0.05, 0.1) is 19.3 Å². The number of nitrogens with zero attached hydrogens (tertiary/aromatic N) is 3. The Morgan fingerprint density at radius 1 is 1.36 bits per heavy atom. The van der Waals surface area contributed by atoms with Gasteiger partial charge in [-0.2, -0.15) is 0 Å². The fraction of sp³-hybridized carbons (Fsp3) is 0.429. The summed E-state index contributed by atoms with van der Waals surface area (Å²) >= 11 is 6.53. The molecular weight excluding hydrogens is 386 g/mol. The minimum atomic E-state index is -0.516. The van der Waals surface area contributed by atoms with Crippen LogP contribution in [0.3, 0.4) is 0 Å². The summed E-state index contributed by atoms with van der Waals surface area (Å²) in [5, 5.41) is 19.6. The molecule has 1 aromatic heterocycles. The monoisotopic (exact) mass is 401 g/mol. The van der Waals surface area contributed by atoms with E-state index in [-0.39, 0.29) is 0 Å². The topological polar surface area (TPSA) is 58.5 Å². The highest BCUT2D eigenvalue weighted by Gasteiger charge is 2.17. The molecule has 3 rings (SSSR count). The maximum Gasteiger partial charge on any atom is 0.209 e. The molecule has 1 aliphatic rings. The Bertz CT molecular complexity index is 620. The number of aromatic nitrogens is 2. The van der Waals surface area contributed by atoms with Crippen LogP contribution in [0, 0.1) is 0 Å². The second-order valence-corrected chi connectivity index (χ2v) is 7.97. The highest BCUT2D eigenvalue weighted by atomic mass is 79.9. The molecule has 8 heteroatoms. The lowest BCUT2D eigenvalue weighted by Crippen LogP contribution is -2.36. The summed E-state index contributed by atoms with van der Waals surface area (Å²) in [7, 11) is 0. The van der Waals surface area contributed by atoms with Crippen molar-refractivity contribution in [1.82, 2.24) is 10.2 Å². The molecule has 2 aromatic rings. The quantitative estimate of drug-likeness (QED) is 0.777. The van der Waals surface area contributed by atoms with Crippen molar-refractivity contribution in [2.75, 3.05) is 37.0 Å². The van der Waals surface area contributed by atoms with Gasteiger partial charge in [0.1, 0.15) is 0 Å². The van der Waals surface area contributed by atoms with Gasteiger partial charge in [-0.25, -0.2) is 0 Å². The van der Waals surface area contributed by atoms with E-state index in [9.17, 15) is 5.11 Å². The van der Waals surface area contributed by atoms with Gasteiger partial charge in [-0.15, -0.1) is 10.2 Å². The summed E-state index contributed by atoms with van der Waals surface area (Å²) in [4.78, 5) is 2.19. The second-order valence-electron chi connectivity index (χ2n) is 4.83. The van der Waals surface area contributed by atoms with Crippen molar-refractivity contribution in [1.29, 1.82) is 0 Å². The predicted molar refractivity (Wildman–Crippen MR) is 92.8 cm³/mol. The Balaban J connectivity index is 1.56. The van der Waals surface area contributed by atoms with Crippen LogP contribution in [-0.2, 0) is 4.74 Å². The molecule has 0 aliphatic carbocycles. The van der Waals surface area contributed by atoms with E-state index in [1.54, 1.807) is 11.3 Å². The average molecular weight is 402 g/mol. The number of hydrogen-bond acceptors (Lipinski definition) is 7. The second kappa shape index (κ2) is 7.74. The normalized spacial score (nSPS) is 16.7. The minimum Gasteiger partial charge on any atom is -0.388 e. The molecule has 2 heterocycles. The van der Waals surface area contributed by atoms with E-state index in [1.165, 1.54) is 11.8 Å². The fourth-order valence-electron chi connectivity index (χ4n) is 2.10. The average Bonchev–Trinajstić information content (AvgIpc) is 3.02. The molecular formula is C14H16BrN3O2S2. The Hall–Kier alpha value is -0.670. The first kappa shape index (κ1) is 16.2. The van der Waals surface area contributed by atoms with E-state index in [2.05, 4.69) is 31.0 Å². The molecule has 0 amide bonds. The van der Waals surface area contributed by atoms with Gasteiger partial charge in [-0.05, 0) is 17.7 Å². The Morgan fingerprint density at radius 3 is 2.95 bits per heavy atom. The smallest absolute Gasteiger partial charge is 0.209 e. The van der Waals surface area contributed by atoms with Crippen molar-refractivity contribution in [2.24, 2.45) is 0 Å². The van der Waals surface area contributed by atoms with Crippen molar-refractivity contribution < 1.29 is 9.84 Å². The zero-order valence-electron chi connectivity index (χ0n) is 11.8. The summed E-state index contributed by atoms with van der Waals surface area (Å²) < 4.78 is 7.19. The van der Waals surface area contributed by atoms with Crippen LogP contribution in [0.25, 0.3) is 0 Å². The molecule has 0 unspecified atom stereocenters. The van der Waals surface area contributed by atoms with E-state index in [4.69, 9.17) is 4.74 Å². The number of anilines is 1. The number of morpholine rings is 1. The number of aliphatic hydroxyl groups excluding tert-OH is 1. The van der Waals surface area contributed by atoms with Gasteiger partial charge in [0, 0.05) is 23.3 Å². The molecule has 118 valence electrons. The third-order valence-corrected chi connectivity index (χ3v) is 5.96. The number of aliphatic hydroxyl groups is 1. The summed E-state index contributed by atoms with van der Waals surface area (Å²) in [6, 6.07) is 7.73. The van der Waals surface area contributed by atoms with Crippen molar-refractivity contribution in [3.63, 3.8) is 0 Å². The van der Waals surface area contributed by atoms with Crippen molar-refractivity contribution in [3.8, 4) is 0 Å². The lowest BCUT2D eigenvalue weighted by Gasteiger charge is -2.25. The lowest BCUT2D eigenvalue weighted by molar-refractivity contribution is 0.122. The van der Waals surface area contributed by atoms with Gasteiger partial charge in [0.2, 0.25) is 5.13 Å². The van der Waals surface area contributed by atoms with Crippen molar-refractivity contribution in [3.05, 3.63) is 34.3 Å². The maximum atomic E-state index is 10.2. The van der Waals surface area contributed by atoms with Gasteiger partial charge >= 0.3 is 0 Å². The first-order valence-corrected chi connectivity index (χ1v) is 9.54. The third kappa shape index (κ3) is 4.20. The van der Waals surface area contributed by atoms with E-state index in [0.717, 1.165) is 45.8 Å². The Labute approximate surface area is 145 Å². The summed E-state index contributed by atoms with van der Waals surface area (Å²) in [5.74, 6) is 0.564. The number of hydrogen-bond donors (Lipinski definition) is 1. The van der Waals surface area contributed by atoms with E-state index in [0.29, 0.717) is 5.75 Å². The largest absolute Gasteiger partial charge is 0.388 e. The molecule has 5 nitrogen and oxygen atoms in total. The van der Waals surface area contributed by atoms with Crippen LogP contribution in [0.1, 0.15) is 11.7 Å². The molecule has 1 fully saturated rings. The van der Waals surface area contributed by atoms with Gasteiger partial charge in [-0.1, -0.05) is 51.2 Å². The zero-order valence-corrected chi connectivity index (χ0v) is 15.0. The molecule has 1 N–H and O–H groups in total. The molecule has 1 atom stereocenters. The molecule has 0 bridgehead atoms. The molecule has 0 radical (unpaired) electrons. The highest BCUT2D eigenvalue weighted by Crippen LogP contribution is 2.31. The predicted octanol–water partition coefficient (Wildman–Crippen LogP) is 2.96. The van der Waals surface area contributed by atoms with Gasteiger partial charge in [0.15, 0.2) is 4.34 Å². The van der Waals surface area contributed by atoms with E-state index in [1.807, 2.05) is 24.3 Å². The molecule has 0 spiro atoms. The summed E-state index contributed by atoms with van der Waals surface area (Å²) in [6.07, 6.45) is -0.516. The highest BCUT2D eigenvalue weighted by molar-refractivity contribution is 9.10. The number of thioether (sulfide) groups is 1. The van der Waals surface area contributed by atoms with Crippen LogP contribution in [0.5, 0.6) is 0 Å². The molecule has 22 heavy (non-hydrogen) atoms. The number of rotatable bonds is 5. The van der Waals surface area contributed by atoms with Crippen LogP contribution in [0.2, 0.25) is 0 Å². The standard InChI is InChI=1S/C14H16BrN3O2S2/c15-11-3-1-2-10(8-11)12(19)9-21-14-17-16-13(22-14)18-4-6-20-7-5-18/h1-3,8,12,19H,4-7,9H2/t12-/m1/s1. The van der Waals surface area contributed by atoms with Crippen molar-refractivity contribution in [2.45, 2.75) is 10.4 Å². The fourth-order valence-corrected chi connectivity index (χ4v) is 4.41. The first-order valence-electron chi connectivity index (χ1n) is 6.95. The van der Waals surface area contributed by atoms with Gasteiger partial charge in [-0.3, -0.25) is 0 Å². The van der Waals surface area contributed by atoms with Crippen LogP contribution < -0.4 is 4.90 Å². The van der Waals surface area contributed by atoms with Crippen LogP contribution in [0.4, 0.5) is 5.13 Å². The van der Waals surface area contributed by atoms with Crippen LogP contribution in [-0.4, -0.2) is 47.4 Å². The third-order valence-electron chi connectivity index (χ3n) is 3.28. The van der Waals surface area contributed by atoms with Gasteiger partial charge < -0.3 is 14.7 Å². The first-order chi connectivity index (χ1) is 10.7. The molecule has 1 saturated heterocycles. The molecule has 0 saturated carbocycles. The Kier molecular flexibility index (Phi) is 5.70. The SMILES string of the molecule is O[C@H](CSc1nnc(N2CCOCC2)s1)c1cccc(Br)c1. The van der Waals surface area contributed by atoms with Crippen molar-refractivity contribution >= 4 is 44.2 Å². The summed E-state index contributed by atoms with van der Waals surface area (Å²) in [6.45, 7) is 3.20. The van der Waals surface area contributed by atoms with E-state index < -0.39 is 6.10 Å². The van der Waals surface area contributed by atoms with Crippen LogP contribution >= 0.6 is 39.0 Å². The van der Waals surface area contributed by atoms with Gasteiger partial charge in [0.25, 0.3) is 0 Å². The van der Waals surface area contributed by atoms with Crippen LogP contribution in [0.15, 0.2) is 33.1 Å². The lowest BCUT2D eigenvalue weighted by atomic mass is 10.1. The Morgan fingerprint density at radius 2 is 2.18 bits per heavy atom.